The second-order valence-corrected chi connectivity index (χ2v) is 4.88. The standard InChI is InChI=1S/C11H22N2O2/c1-11(2)8(12)7-9(11)13-10(14)5-4-6-15-3/h8-9H,4-7,12H2,1-3H3,(H,13,14). The van der Waals surface area contributed by atoms with E-state index in [1.165, 1.54) is 0 Å². The third-order valence-corrected chi connectivity index (χ3v) is 3.43. The summed E-state index contributed by atoms with van der Waals surface area (Å²) in [6.45, 7) is 4.84. The van der Waals surface area contributed by atoms with Crippen LogP contribution in [0.25, 0.3) is 0 Å². The number of methoxy groups -OCH3 is 1. The molecule has 88 valence electrons. The third kappa shape index (κ3) is 2.92. The molecule has 0 bridgehead atoms. The summed E-state index contributed by atoms with van der Waals surface area (Å²) in [5.74, 6) is 0.108. The van der Waals surface area contributed by atoms with Gasteiger partial charge >= 0.3 is 0 Å². The molecule has 4 nitrogen and oxygen atoms in total. The summed E-state index contributed by atoms with van der Waals surface area (Å²) in [6.07, 6.45) is 2.21. The number of rotatable bonds is 5. The second kappa shape index (κ2) is 4.94. The van der Waals surface area contributed by atoms with Crippen LogP contribution in [-0.4, -0.2) is 31.7 Å². The Kier molecular flexibility index (Phi) is 4.11. The monoisotopic (exact) mass is 214 g/mol. The lowest BCUT2D eigenvalue weighted by Gasteiger charge is -2.50. The minimum Gasteiger partial charge on any atom is -0.385 e. The zero-order chi connectivity index (χ0) is 11.5. The van der Waals surface area contributed by atoms with Crippen molar-refractivity contribution >= 4 is 5.91 Å². The minimum absolute atomic E-state index is 0.0386. The lowest BCUT2D eigenvalue weighted by molar-refractivity contribution is -0.124. The lowest BCUT2D eigenvalue weighted by Crippen LogP contribution is -2.64. The highest BCUT2D eigenvalue weighted by Crippen LogP contribution is 2.38. The van der Waals surface area contributed by atoms with Crippen LogP contribution in [0, 0.1) is 5.41 Å². The van der Waals surface area contributed by atoms with E-state index in [0.29, 0.717) is 13.0 Å². The highest BCUT2D eigenvalue weighted by Gasteiger charge is 2.46. The summed E-state index contributed by atoms with van der Waals surface area (Å²) < 4.78 is 4.90. The Labute approximate surface area is 91.5 Å². The van der Waals surface area contributed by atoms with E-state index in [1.54, 1.807) is 7.11 Å². The number of hydrogen-bond acceptors (Lipinski definition) is 3. The van der Waals surface area contributed by atoms with Crippen LogP contribution in [-0.2, 0) is 9.53 Å². The zero-order valence-corrected chi connectivity index (χ0v) is 9.88. The molecule has 0 radical (unpaired) electrons. The number of ether oxygens (including phenoxy) is 1. The van der Waals surface area contributed by atoms with E-state index in [-0.39, 0.29) is 23.4 Å². The minimum atomic E-state index is 0.0386. The molecule has 2 unspecified atom stereocenters. The fraction of sp³-hybridized carbons (Fsp3) is 0.909. The lowest BCUT2D eigenvalue weighted by atomic mass is 9.63. The Morgan fingerprint density at radius 2 is 2.27 bits per heavy atom. The molecule has 0 aromatic carbocycles. The van der Waals surface area contributed by atoms with Crippen molar-refractivity contribution in [1.29, 1.82) is 0 Å². The molecule has 1 aliphatic carbocycles. The van der Waals surface area contributed by atoms with Gasteiger partial charge < -0.3 is 15.8 Å². The average Bonchev–Trinajstić information content (AvgIpc) is 2.18. The van der Waals surface area contributed by atoms with Crippen LogP contribution in [0.2, 0.25) is 0 Å². The number of carbonyl (C=O) groups is 1. The maximum absolute atomic E-state index is 11.5. The molecule has 1 rings (SSSR count). The topological polar surface area (TPSA) is 64.3 Å². The van der Waals surface area contributed by atoms with Gasteiger partial charge in [-0.1, -0.05) is 13.8 Å². The van der Waals surface area contributed by atoms with Gasteiger partial charge in [0, 0.05) is 37.6 Å². The number of nitrogens with two attached hydrogens (primary N) is 1. The van der Waals surface area contributed by atoms with Crippen molar-refractivity contribution < 1.29 is 9.53 Å². The maximum atomic E-state index is 11.5. The van der Waals surface area contributed by atoms with Crippen LogP contribution in [0.15, 0.2) is 0 Å². The average molecular weight is 214 g/mol. The van der Waals surface area contributed by atoms with E-state index < -0.39 is 0 Å². The van der Waals surface area contributed by atoms with Crippen molar-refractivity contribution in [1.82, 2.24) is 5.32 Å². The van der Waals surface area contributed by atoms with Gasteiger partial charge in [-0.05, 0) is 12.8 Å². The van der Waals surface area contributed by atoms with Gasteiger partial charge in [0.1, 0.15) is 0 Å². The Bertz CT molecular complexity index is 229. The molecule has 0 heterocycles. The molecule has 0 aromatic rings. The summed E-state index contributed by atoms with van der Waals surface area (Å²) >= 11 is 0. The highest BCUT2D eigenvalue weighted by molar-refractivity contribution is 5.76. The number of nitrogens with one attached hydrogen (secondary N) is 1. The van der Waals surface area contributed by atoms with Gasteiger partial charge in [0.15, 0.2) is 0 Å². The first-order chi connectivity index (χ1) is 6.98. The van der Waals surface area contributed by atoms with Gasteiger partial charge in [0.05, 0.1) is 0 Å². The predicted octanol–water partition coefficient (Wildman–Crippen LogP) is 0.655. The molecule has 0 saturated heterocycles. The van der Waals surface area contributed by atoms with Crippen LogP contribution in [0.4, 0.5) is 0 Å². The SMILES string of the molecule is COCCCC(=O)NC1CC(N)C1(C)C. The molecule has 1 fully saturated rings. The fourth-order valence-electron chi connectivity index (χ4n) is 1.85. The number of amides is 1. The van der Waals surface area contributed by atoms with Crippen molar-refractivity contribution in [3.8, 4) is 0 Å². The Morgan fingerprint density at radius 3 is 2.73 bits per heavy atom. The third-order valence-electron chi connectivity index (χ3n) is 3.43. The van der Waals surface area contributed by atoms with Gasteiger partial charge in [-0.15, -0.1) is 0 Å². The smallest absolute Gasteiger partial charge is 0.220 e. The van der Waals surface area contributed by atoms with Crippen molar-refractivity contribution in [3.05, 3.63) is 0 Å². The molecule has 1 amide bonds. The second-order valence-electron chi connectivity index (χ2n) is 4.88. The predicted molar refractivity (Wildman–Crippen MR) is 59.4 cm³/mol. The van der Waals surface area contributed by atoms with Crippen LogP contribution in [0.3, 0.4) is 0 Å². The first-order valence-corrected chi connectivity index (χ1v) is 5.52. The summed E-state index contributed by atoms with van der Waals surface area (Å²) in [7, 11) is 1.64. The quantitative estimate of drug-likeness (QED) is 0.661. The molecule has 15 heavy (non-hydrogen) atoms. The van der Waals surface area contributed by atoms with Crippen molar-refractivity contribution in [2.75, 3.05) is 13.7 Å². The summed E-state index contributed by atoms with van der Waals surface area (Å²) in [5.41, 5.74) is 5.91. The largest absolute Gasteiger partial charge is 0.385 e. The maximum Gasteiger partial charge on any atom is 0.220 e. The first-order valence-electron chi connectivity index (χ1n) is 5.52. The van der Waals surface area contributed by atoms with Gasteiger partial charge in [0.2, 0.25) is 5.91 Å². The van der Waals surface area contributed by atoms with E-state index in [4.69, 9.17) is 10.5 Å². The van der Waals surface area contributed by atoms with Crippen LogP contribution >= 0.6 is 0 Å². The molecule has 3 N–H and O–H groups in total. The summed E-state index contributed by atoms with van der Waals surface area (Å²) in [6, 6.07) is 0.448. The fourth-order valence-corrected chi connectivity index (χ4v) is 1.85. The Morgan fingerprint density at radius 1 is 1.60 bits per heavy atom. The van der Waals surface area contributed by atoms with Gasteiger partial charge in [-0.25, -0.2) is 0 Å². The molecule has 0 spiro atoms. The number of carbonyl (C=O) groups excluding carboxylic acids is 1. The van der Waals surface area contributed by atoms with Crippen LogP contribution < -0.4 is 11.1 Å². The molecule has 2 atom stereocenters. The van der Waals surface area contributed by atoms with E-state index in [1.807, 2.05) is 0 Å². The molecule has 4 heteroatoms. The van der Waals surface area contributed by atoms with E-state index >= 15 is 0 Å². The van der Waals surface area contributed by atoms with Crippen molar-refractivity contribution in [2.24, 2.45) is 11.1 Å². The summed E-state index contributed by atoms with van der Waals surface area (Å²) in [4.78, 5) is 11.5. The molecule has 1 aliphatic rings. The van der Waals surface area contributed by atoms with Crippen LogP contribution in [0.1, 0.15) is 33.1 Å². The number of hydrogen-bond donors (Lipinski definition) is 2. The first kappa shape index (κ1) is 12.5. The Hall–Kier alpha value is -0.610. The molecule has 0 aromatic heterocycles. The molecule has 1 saturated carbocycles. The van der Waals surface area contributed by atoms with Crippen molar-refractivity contribution in [3.63, 3.8) is 0 Å². The van der Waals surface area contributed by atoms with Crippen LogP contribution in [0.5, 0.6) is 0 Å². The van der Waals surface area contributed by atoms with Gasteiger partial charge in [-0.2, -0.15) is 0 Å². The Balaban J connectivity index is 2.22. The van der Waals surface area contributed by atoms with Gasteiger partial charge in [-0.3, -0.25) is 4.79 Å². The van der Waals surface area contributed by atoms with E-state index in [9.17, 15) is 4.79 Å². The molecule has 0 aliphatic heterocycles. The highest BCUT2D eigenvalue weighted by atomic mass is 16.5. The van der Waals surface area contributed by atoms with Crippen molar-refractivity contribution in [2.45, 2.75) is 45.2 Å². The summed E-state index contributed by atoms with van der Waals surface area (Å²) in [5, 5.41) is 3.02. The van der Waals surface area contributed by atoms with E-state index in [0.717, 1.165) is 12.8 Å². The van der Waals surface area contributed by atoms with Gasteiger partial charge in [0.25, 0.3) is 0 Å². The van der Waals surface area contributed by atoms with E-state index in [2.05, 4.69) is 19.2 Å². The molecular weight excluding hydrogens is 192 g/mol. The zero-order valence-electron chi connectivity index (χ0n) is 9.88. The normalized spacial score (nSPS) is 28.3. The molecular formula is C11H22N2O2.